The highest BCUT2D eigenvalue weighted by molar-refractivity contribution is 5.83. The molecule has 5 heterocycles. The van der Waals surface area contributed by atoms with E-state index in [0.717, 1.165) is 19.3 Å². The first kappa shape index (κ1) is 55.5. The van der Waals surface area contributed by atoms with Crippen molar-refractivity contribution < 1.29 is 114 Å². The lowest BCUT2D eigenvalue weighted by molar-refractivity contribution is -0.361. The summed E-state index contributed by atoms with van der Waals surface area (Å²) in [4.78, 5) is 14.5. The lowest BCUT2D eigenvalue weighted by atomic mass is 9.44. The Morgan fingerprint density at radius 3 is 2.00 bits per heavy atom. The molecule has 4 aliphatic carbocycles. The van der Waals surface area contributed by atoms with Crippen LogP contribution in [0.5, 0.6) is 0 Å². The molecule has 0 aromatic carbocycles. The second-order valence-corrected chi connectivity index (χ2v) is 23.4. The molecule has 414 valence electrons. The first-order valence-corrected chi connectivity index (χ1v) is 26.1. The number of hydrogen-bond donors (Lipinski definition) is 13. The van der Waals surface area contributed by atoms with Crippen molar-refractivity contribution in [2.45, 2.75) is 214 Å². The van der Waals surface area contributed by atoms with Gasteiger partial charge in [0.2, 0.25) is 0 Å². The predicted molar refractivity (Wildman–Crippen MR) is 240 cm³/mol. The van der Waals surface area contributed by atoms with Crippen LogP contribution in [0.4, 0.5) is 0 Å². The van der Waals surface area contributed by atoms with Gasteiger partial charge in [0.1, 0.15) is 91.2 Å². The average molecular weight is 1040 g/mol. The fraction of sp³-hybridized carbons (Fsp3) is 0.980. The first-order chi connectivity index (χ1) is 34.0. The van der Waals surface area contributed by atoms with Crippen molar-refractivity contribution in [3.8, 4) is 0 Å². The Hall–Kier alpha value is -1.21. The Balaban J connectivity index is 0.813. The minimum absolute atomic E-state index is 0.0647. The molecule has 0 bridgehead atoms. The fourth-order valence-electron chi connectivity index (χ4n) is 14.8. The molecule has 23 heteroatoms. The lowest BCUT2D eigenvalue weighted by Gasteiger charge is -2.60. The maximum absolute atomic E-state index is 14.5. The van der Waals surface area contributed by atoms with Crippen molar-refractivity contribution in [3.63, 3.8) is 0 Å². The number of aliphatic hydroxyl groups excluding tert-OH is 12. The summed E-state index contributed by atoms with van der Waals surface area (Å²) in [5, 5.41) is 137. The van der Waals surface area contributed by atoms with Crippen LogP contribution in [0.3, 0.4) is 0 Å². The molecule has 0 aromatic heterocycles. The summed E-state index contributed by atoms with van der Waals surface area (Å²) in [5.74, 6) is -1.28. The van der Waals surface area contributed by atoms with Gasteiger partial charge in [0.15, 0.2) is 30.9 Å². The summed E-state index contributed by atoms with van der Waals surface area (Å²) in [6.45, 7) is 6.81. The topological polar surface area (TPSA) is 363 Å². The third kappa shape index (κ3) is 10.0. The molecule has 5 aliphatic heterocycles. The zero-order valence-electron chi connectivity index (χ0n) is 41.4. The number of Topliss-reactive ketones (excluding diaryl/α,β-unsaturated/α-hetero) is 1. The van der Waals surface area contributed by atoms with Crippen LogP contribution < -0.4 is 0 Å². The minimum Gasteiger partial charge on any atom is -0.394 e. The van der Waals surface area contributed by atoms with Crippen molar-refractivity contribution in [2.75, 3.05) is 33.0 Å². The number of hydrogen-bond acceptors (Lipinski definition) is 23. The number of rotatable bonds is 14. The maximum Gasteiger partial charge on any atom is 0.186 e. The molecule has 0 radical (unpaired) electrons. The number of carbonyl (C=O) groups excluding carboxylic acids is 1. The van der Waals surface area contributed by atoms with Gasteiger partial charge in [0, 0.05) is 24.7 Å². The number of carbonyl (C=O) groups is 1. The first-order valence-electron chi connectivity index (χ1n) is 26.1. The Labute approximate surface area is 418 Å². The summed E-state index contributed by atoms with van der Waals surface area (Å²) in [6.07, 6.45) is -22.5. The normalized spacial score (nSPS) is 55.2. The van der Waals surface area contributed by atoms with Gasteiger partial charge in [0.25, 0.3) is 0 Å². The Morgan fingerprint density at radius 2 is 1.31 bits per heavy atom. The van der Waals surface area contributed by atoms with E-state index in [0.29, 0.717) is 38.5 Å². The summed E-state index contributed by atoms with van der Waals surface area (Å²) >= 11 is 0. The number of ketones is 1. The molecule has 9 rings (SSSR count). The van der Waals surface area contributed by atoms with E-state index < -0.39 is 142 Å². The van der Waals surface area contributed by atoms with E-state index in [9.17, 15) is 71.2 Å². The number of aliphatic hydroxyl groups is 13. The van der Waals surface area contributed by atoms with E-state index in [2.05, 4.69) is 20.8 Å². The highest BCUT2D eigenvalue weighted by Gasteiger charge is 2.69. The highest BCUT2D eigenvalue weighted by atomic mass is 16.8. The van der Waals surface area contributed by atoms with Crippen LogP contribution in [0.15, 0.2) is 0 Å². The van der Waals surface area contributed by atoms with Crippen molar-refractivity contribution in [1.29, 1.82) is 0 Å². The Kier molecular flexibility index (Phi) is 16.6. The molecule has 1 unspecified atom stereocenters. The largest absolute Gasteiger partial charge is 0.394 e. The minimum atomic E-state index is -1.76. The van der Waals surface area contributed by atoms with Gasteiger partial charge in [0.05, 0.1) is 45.2 Å². The third-order valence-electron chi connectivity index (χ3n) is 19.1. The predicted octanol–water partition coefficient (Wildman–Crippen LogP) is -3.50. The van der Waals surface area contributed by atoms with Crippen LogP contribution in [0.25, 0.3) is 0 Å². The number of fused-ring (bicyclic) bond motifs is 7. The molecule has 9 fully saturated rings. The van der Waals surface area contributed by atoms with Gasteiger partial charge >= 0.3 is 0 Å². The SMILES string of the molecule is C[C@H](CCC1(O)O[C@H]2C[C@H]3[C@@H]4CC(=O)[C@H]5C[C@@H](O[C@@H]6O[C@H](CO[C@@H]7OC[C@H](O)[C@H](O)[C@H]7O)[C@@H](O[C@@H]7OC[C@@H](O)[C@H](O)[C@H]7O)[C@H](O)[C@H]6O)CC[C@]5(C)[C@H]4CC[C@]3(C)[C@H]2[C@@H]1C)CO[C@@H]1O[C@H](CO)[C@@H](O)[C@H](O)[C@H]1O. The molecule has 0 spiro atoms. The van der Waals surface area contributed by atoms with E-state index in [4.69, 9.17) is 42.6 Å². The van der Waals surface area contributed by atoms with Gasteiger partial charge < -0.3 is 109 Å². The van der Waals surface area contributed by atoms with Crippen molar-refractivity contribution in [2.24, 2.45) is 52.3 Å². The highest BCUT2D eigenvalue weighted by Crippen LogP contribution is 2.70. The molecule has 0 amide bonds. The molecular formula is C49H80O23. The molecule has 0 aromatic rings. The Bertz CT molecular complexity index is 1850. The quantitative estimate of drug-likeness (QED) is 0.0751. The van der Waals surface area contributed by atoms with Gasteiger partial charge in [-0.25, -0.2) is 0 Å². The Morgan fingerprint density at radius 1 is 0.681 bits per heavy atom. The van der Waals surface area contributed by atoms with E-state index in [-0.39, 0.29) is 77.4 Å². The van der Waals surface area contributed by atoms with Crippen LogP contribution in [0.1, 0.15) is 85.5 Å². The van der Waals surface area contributed by atoms with Crippen LogP contribution >= 0.6 is 0 Å². The van der Waals surface area contributed by atoms with Gasteiger partial charge in [-0.05, 0) is 85.4 Å². The average Bonchev–Trinajstić information content (AvgIpc) is 3.79. The zero-order chi connectivity index (χ0) is 51.9. The van der Waals surface area contributed by atoms with Crippen LogP contribution in [0, 0.1) is 52.3 Å². The van der Waals surface area contributed by atoms with Crippen molar-refractivity contribution >= 4 is 5.78 Å². The van der Waals surface area contributed by atoms with Crippen molar-refractivity contribution in [1.82, 2.24) is 0 Å². The smallest absolute Gasteiger partial charge is 0.186 e. The van der Waals surface area contributed by atoms with Crippen LogP contribution in [0.2, 0.25) is 0 Å². The van der Waals surface area contributed by atoms with E-state index >= 15 is 0 Å². The maximum atomic E-state index is 14.5. The second-order valence-electron chi connectivity index (χ2n) is 23.4. The van der Waals surface area contributed by atoms with E-state index in [1.54, 1.807) is 0 Å². The van der Waals surface area contributed by atoms with Gasteiger partial charge in [-0.1, -0.05) is 27.7 Å². The molecule has 23 nitrogen and oxygen atoms in total. The van der Waals surface area contributed by atoms with E-state index in [1.807, 2.05) is 6.92 Å². The second kappa shape index (κ2) is 21.6. The summed E-state index contributed by atoms with van der Waals surface area (Å²) in [6, 6.07) is 0. The number of ether oxygens (including phenoxy) is 9. The van der Waals surface area contributed by atoms with E-state index in [1.165, 1.54) is 0 Å². The lowest BCUT2D eigenvalue weighted by Crippen LogP contribution is -2.64. The summed E-state index contributed by atoms with van der Waals surface area (Å²) in [5.41, 5.74) is -0.530. The van der Waals surface area contributed by atoms with Crippen molar-refractivity contribution in [3.05, 3.63) is 0 Å². The summed E-state index contributed by atoms with van der Waals surface area (Å²) < 4.78 is 53.0. The molecule has 30 atom stereocenters. The molecule has 4 saturated carbocycles. The fourth-order valence-corrected chi connectivity index (χ4v) is 14.8. The van der Waals surface area contributed by atoms with Crippen LogP contribution in [-0.2, 0) is 47.4 Å². The van der Waals surface area contributed by atoms with Crippen LogP contribution in [-0.4, -0.2) is 234 Å². The van der Waals surface area contributed by atoms with Gasteiger partial charge in [-0.3, -0.25) is 4.79 Å². The van der Waals surface area contributed by atoms with Gasteiger partial charge in [-0.2, -0.15) is 0 Å². The zero-order valence-corrected chi connectivity index (χ0v) is 41.4. The molecule has 13 N–H and O–H groups in total. The standard InChI is InChI=1S/C49H80O23/c1-19(15-64-44-40(61)36(57)35(56)30(14-50)69-44)5-10-49(63)20(2)32-29(72-49)13-24-22-12-26(51)25-11-21(6-8-47(25,3)23(22)7-9-48(24,32)4)68-46-41(62)37(58)42(71-45-39(60)34(55)28(53)17-66-45)31(70-46)18-67-43-38(59)33(54)27(52)16-65-43/h19-25,27-46,50,52-63H,5-18H2,1-4H3/t19-,20+,21+,22-,23+,24+,25-,27+,28-,29+,30-,31-,32+,33+,34+,35-,36+,37-,38-,39-,40-,41-,42-,43+,44-,45+,46-,47-,48+,49?/m1/s1. The third-order valence-corrected chi connectivity index (χ3v) is 19.1. The monoisotopic (exact) mass is 1040 g/mol. The molecule has 9 aliphatic rings. The molecule has 72 heavy (non-hydrogen) atoms. The molecule has 5 saturated heterocycles. The summed E-state index contributed by atoms with van der Waals surface area (Å²) in [7, 11) is 0. The van der Waals surface area contributed by atoms with Gasteiger partial charge in [-0.15, -0.1) is 0 Å². The molecular weight excluding hydrogens is 957 g/mol.